The third-order valence-electron chi connectivity index (χ3n) is 3.55. The van der Waals surface area contributed by atoms with Gasteiger partial charge in [0.2, 0.25) is 0 Å². The first-order chi connectivity index (χ1) is 11.6. The number of aromatic nitrogens is 3. The SMILES string of the molecule is C=C(C)C(=O)OCCc1ccc2nn(-c3ccccc3)nc2c1O. The molecule has 6 heteroatoms. The minimum atomic E-state index is -0.439. The summed E-state index contributed by atoms with van der Waals surface area (Å²) in [6.07, 6.45) is 0.388. The lowest BCUT2D eigenvalue weighted by atomic mass is 10.1. The van der Waals surface area contributed by atoms with Gasteiger partial charge in [-0.25, -0.2) is 4.79 Å². The molecule has 0 aliphatic carbocycles. The van der Waals surface area contributed by atoms with Crippen LogP contribution in [0.15, 0.2) is 54.6 Å². The molecular weight excluding hydrogens is 306 g/mol. The van der Waals surface area contributed by atoms with Gasteiger partial charge in [-0.15, -0.1) is 10.2 Å². The fraction of sp³-hybridized carbons (Fsp3) is 0.167. The van der Waals surface area contributed by atoms with E-state index in [9.17, 15) is 9.90 Å². The smallest absolute Gasteiger partial charge is 0.333 e. The number of benzene rings is 2. The molecule has 0 saturated heterocycles. The van der Waals surface area contributed by atoms with E-state index in [1.807, 2.05) is 30.3 Å². The van der Waals surface area contributed by atoms with E-state index < -0.39 is 5.97 Å². The zero-order chi connectivity index (χ0) is 17.1. The van der Waals surface area contributed by atoms with Gasteiger partial charge in [0.05, 0.1) is 12.3 Å². The highest BCUT2D eigenvalue weighted by atomic mass is 16.5. The molecule has 3 aromatic rings. The quantitative estimate of drug-likeness (QED) is 0.577. The Kier molecular flexibility index (Phi) is 4.29. The molecule has 0 bridgehead atoms. The molecule has 1 aromatic heterocycles. The number of carbonyl (C=O) groups is 1. The molecule has 1 N–H and O–H groups in total. The van der Waals surface area contributed by atoms with Crippen molar-refractivity contribution in [1.82, 2.24) is 15.0 Å². The number of aromatic hydroxyl groups is 1. The van der Waals surface area contributed by atoms with Crippen LogP contribution in [-0.4, -0.2) is 32.7 Å². The monoisotopic (exact) mass is 323 g/mol. The molecule has 0 atom stereocenters. The molecule has 3 rings (SSSR count). The van der Waals surface area contributed by atoms with Crippen molar-refractivity contribution >= 4 is 17.0 Å². The van der Waals surface area contributed by atoms with E-state index in [4.69, 9.17) is 4.74 Å². The Bertz CT molecular complexity index is 901. The average Bonchev–Trinajstić information content (AvgIpc) is 3.02. The Morgan fingerprint density at radius 2 is 1.96 bits per heavy atom. The predicted molar refractivity (Wildman–Crippen MR) is 90.0 cm³/mol. The molecule has 0 amide bonds. The van der Waals surface area contributed by atoms with Crippen LogP contribution in [0.4, 0.5) is 0 Å². The molecular formula is C18H17N3O3. The number of phenolic OH excluding ortho intramolecular Hbond substituents is 1. The third kappa shape index (κ3) is 3.12. The van der Waals surface area contributed by atoms with Crippen molar-refractivity contribution in [3.63, 3.8) is 0 Å². The number of ether oxygens (including phenoxy) is 1. The number of carbonyl (C=O) groups excluding carboxylic acids is 1. The molecule has 24 heavy (non-hydrogen) atoms. The highest BCUT2D eigenvalue weighted by Gasteiger charge is 2.13. The van der Waals surface area contributed by atoms with Crippen molar-refractivity contribution in [2.24, 2.45) is 0 Å². The Labute approximate surface area is 139 Å². The molecule has 6 nitrogen and oxygen atoms in total. The number of para-hydroxylation sites is 1. The number of hydrogen-bond acceptors (Lipinski definition) is 5. The summed E-state index contributed by atoms with van der Waals surface area (Å²) >= 11 is 0. The van der Waals surface area contributed by atoms with Crippen molar-refractivity contribution < 1.29 is 14.6 Å². The number of nitrogens with zero attached hydrogens (tertiary/aromatic N) is 3. The van der Waals surface area contributed by atoms with E-state index in [1.165, 1.54) is 4.80 Å². The average molecular weight is 323 g/mol. The van der Waals surface area contributed by atoms with E-state index in [0.29, 0.717) is 28.6 Å². The first kappa shape index (κ1) is 15.7. The zero-order valence-corrected chi connectivity index (χ0v) is 13.3. The summed E-state index contributed by atoms with van der Waals surface area (Å²) in [6, 6.07) is 13.0. The topological polar surface area (TPSA) is 77.2 Å². The minimum Gasteiger partial charge on any atom is -0.505 e. The minimum absolute atomic E-state index is 0.0565. The summed E-state index contributed by atoms with van der Waals surface area (Å²) in [5.41, 5.74) is 2.82. The molecule has 0 spiro atoms. The lowest BCUT2D eigenvalue weighted by Crippen LogP contribution is -2.08. The Morgan fingerprint density at radius 1 is 1.21 bits per heavy atom. The van der Waals surface area contributed by atoms with Crippen LogP contribution in [0.2, 0.25) is 0 Å². The van der Waals surface area contributed by atoms with Gasteiger partial charge in [0.1, 0.15) is 11.3 Å². The normalized spacial score (nSPS) is 10.7. The number of rotatable bonds is 5. The second kappa shape index (κ2) is 6.54. The lowest BCUT2D eigenvalue weighted by Gasteiger charge is -2.06. The lowest BCUT2D eigenvalue weighted by molar-refractivity contribution is -0.138. The third-order valence-corrected chi connectivity index (χ3v) is 3.55. The van der Waals surface area contributed by atoms with Crippen molar-refractivity contribution in [2.75, 3.05) is 6.61 Å². The maximum Gasteiger partial charge on any atom is 0.333 e. The first-order valence-electron chi connectivity index (χ1n) is 7.52. The molecule has 2 aromatic carbocycles. The second-order valence-electron chi connectivity index (χ2n) is 5.43. The Balaban J connectivity index is 1.83. The maximum atomic E-state index is 11.4. The molecule has 1 heterocycles. The van der Waals surface area contributed by atoms with Gasteiger partial charge in [0, 0.05) is 12.0 Å². The van der Waals surface area contributed by atoms with Crippen LogP contribution in [0, 0.1) is 0 Å². The number of hydrogen-bond donors (Lipinski definition) is 1. The van der Waals surface area contributed by atoms with Crippen molar-refractivity contribution in [3.05, 3.63) is 60.2 Å². The highest BCUT2D eigenvalue weighted by molar-refractivity contribution is 5.87. The fourth-order valence-corrected chi connectivity index (χ4v) is 2.26. The Hall–Kier alpha value is -3.15. The van der Waals surface area contributed by atoms with Gasteiger partial charge in [0.15, 0.2) is 5.52 Å². The number of fused-ring (bicyclic) bond motifs is 1. The first-order valence-corrected chi connectivity index (χ1v) is 7.52. The van der Waals surface area contributed by atoms with Crippen molar-refractivity contribution in [1.29, 1.82) is 0 Å². The van der Waals surface area contributed by atoms with Gasteiger partial charge in [-0.2, -0.15) is 4.80 Å². The van der Waals surface area contributed by atoms with Crippen LogP contribution in [-0.2, 0) is 16.0 Å². The van der Waals surface area contributed by atoms with Crippen LogP contribution in [0.3, 0.4) is 0 Å². The summed E-state index contributed by atoms with van der Waals surface area (Å²) in [5.74, 6) is -0.383. The van der Waals surface area contributed by atoms with E-state index >= 15 is 0 Å². The summed E-state index contributed by atoms with van der Waals surface area (Å²) in [4.78, 5) is 12.9. The zero-order valence-electron chi connectivity index (χ0n) is 13.3. The summed E-state index contributed by atoms with van der Waals surface area (Å²) in [7, 11) is 0. The highest BCUT2D eigenvalue weighted by Crippen LogP contribution is 2.27. The summed E-state index contributed by atoms with van der Waals surface area (Å²) in [5, 5.41) is 19.1. The van der Waals surface area contributed by atoms with Gasteiger partial charge >= 0.3 is 5.97 Å². The molecule has 0 aliphatic heterocycles. The molecule has 122 valence electrons. The van der Waals surface area contributed by atoms with Crippen LogP contribution in [0.1, 0.15) is 12.5 Å². The van der Waals surface area contributed by atoms with Crippen molar-refractivity contribution in [3.8, 4) is 11.4 Å². The summed E-state index contributed by atoms with van der Waals surface area (Å²) < 4.78 is 5.06. The van der Waals surface area contributed by atoms with Crippen LogP contribution in [0.25, 0.3) is 16.7 Å². The number of esters is 1. The number of phenols is 1. The van der Waals surface area contributed by atoms with Crippen LogP contribution < -0.4 is 0 Å². The maximum absolute atomic E-state index is 11.4. The van der Waals surface area contributed by atoms with Crippen LogP contribution >= 0.6 is 0 Å². The van der Waals surface area contributed by atoms with E-state index in [-0.39, 0.29) is 12.4 Å². The van der Waals surface area contributed by atoms with E-state index in [1.54, 1.807) is 19.1 Å². The van der Waals surface area contributed by atoms with E-state index in [0.717, 1.165) is 5.69 Å². The largest absolute Gasteiger partial charge is 0.505 e. The summed E-state index contributed by atoms with van der Waals surface area (Å²) in [6.45, 7) is 5.28. The Morgan fingerprint density at radius 3 is 2.67 bits per heavy atom. The van der Waals surface area contributed by atoms with Crippen molar-refractivity contribution in [2.45, 2.75) is 13.3 Å². The molecule has 0 saturated carbocycles. The second-order valence-corrected chi connectivity index (χ2v) is 5.43. The molecule has 0 radical (unpaired) electrons. The predicted octanol–water partition coefficient (Wildman–Crippen LogP) is 2.79. The van der Waals surface area contributed by atoms with E-state index in [2.05, 4.69) is 16.8 Å². The van der Waals surface area contributed by atoms with Gasteiger partial charge in [-0.05, 0) is 30.7 Å². The molecule has 0 aliphatic rings. The van der Waals surface area contributed by atoms with Gasteiger partial charge < -0.3 is 9.84 Å². The molecule has 0 fully saturated rings. The van der Waals surface area contributed by atoms with Gasteiger partial charge in [-0.3, -0.25) is 0 Å². The van der Waals surface area contributed by atoms with Gasteiger partial charge in [0.25, 0.3) is 0 Å². The standard InChI is InChI=1S/C18H17N3O3/c1-12(2)18(23)24-11-10-13-8-9-15-16(17(13)22)20-21(19-15)14-6-4-3-5-7-14/h3-9,22H,1,10-11H2,2H3. The van der Waals surface area contributed by atoms with Crippen LogP contribution in [0.5, 0.6) is 5.75 Å². The van der Waals surface area contributed by atoms with Gasteiger partial charge in [-0.1, -0.05) is 30.8 Å². The molecule has 0 unspecified atom stereocenters. The fourth-order valence-electron chi connectivity index (χ4n) is 2.26.